The molecular formula is C21H14F3N5O4S. The van der Waals surface area contributed by atoms with Gasteiger partial charge in [-0.25, -0.2) is 5.43 Å². The normalized spacial score (nSPS) is 11.6. The number of hydrazone groups is 1. The number of benzene rings is 1. The van der Waals surface area contributed by atoms with Crippen molar-refractivity contribution < 1.29 is 31.6 Å². The van der Waals surface area contributed by atoms with Crippen molar-refractivity contribution in [2.24, 2.45) is 5.10 Å². The van der Waals surface area contributed by atoms with Crippen LogP contribution in [0, 0.1) is 0 Å². The summed E-state index contributed by atoms with van der Waals surface area (Å²) in [5.41, 5.74) is 1.76. The molecule has 0 bridgehead atoms. The molecule has 1 aromatic carbocycles. The second-order valence-corrected chi connectivity index (χ2v) is 7.74. The lowest BCUT2D eigenvalue weighted by Gasteiger charge is -2.07. The SMILES string of the molecule is O=C(Cc1nnc(NC(=O)c2ccco2)s1)N/N=C\c1ccc(-c2cccc(C(F)(F)F)c2)o1. The number of hydrogen-bond donors (Lipinski definition) is 2. The van der Waals surface area contributed by atoms with Crippen LogP contribution in [0.1, 0.15) is 26.9 Å². The Morgan fingerprint density at radius 2 is 1.97 bits per heavy atom. The molecule has 4 rings (SSSR count). The van der Waals surface area contributed by atoms with Gasteiger partial charge in [-0.15, -0.1) is 10.2 Å². The molecule has 34 heavy (non-hydrogen) atoms. The zero-order valence-electron chi connectivity index (χ0n) is 17.0. The van der Waals surface area contributed by atoms with E-state index in [1.165, 1.54) is 42.8 Å². The molecule has 0 spiro atoms. The van der Waals surface area contributed by atoms with Crippen molar-refractivity contribution in [2.75, 3.05) is 5.32 Å². The maximum absolute atomic E-state index is 12.9. The van der Waals surface area contributed by atoms with Crippen LogP contribution in [0.3, 0.4) is 0 Å². The largest absolute Gasteiger partial charge is 0.459 e. The van der Waals surface area contributed by atoms with Crippen molar-refractivity contribution in [2.45, 2.75) is 12.6 Å². The molecule has 9 nitrogen and oxygen atoms in total. The van der Waals surface area contributed by atoms with Crippen molar-refractivity contribution in [1.29, 1.82) is 0 Å². The third kappa shape index (κ3) is 5.75. The predicted molar refractivity (Wildman–Crippen MR) is 115 cm³/mol. The molecular weight excluding hydrogens is 475 g/mol. The van der Waals surface area contributed by atoms with Crippen LogP contribution < -0.4 is 10.7 Å². The molecule has 0 unspecified atom stereocenters. The second kappa shape index (κ2) is 9.70. The highest BCUT2D eigenvalue weighted by Crippen LogP contribution is 2.32. The first-order valence-electron chi connectivity index (χ1n) is 9.54. The van der Waals surface area contributed by atoms with Gasteiger partial charge in [0.2, 0.25) is 11.0 Å². The third-order valence-electron chi connectivity index (χ3n) is 4.23. The highest BCUT2D eigenvalue weighted by Gasteiger charge is 2.30. The van der Waals surface area contributed by atoms with Crippen LogP contribution in [0.2, 0.25) is 0 Å². The lowest BCUT2D eigenvalue weighted by Crippen LogP contribution is -2.19. The molecule has 0 aliphatic carbocycles. The van der Waals surface area contributed by atoms with Crippen molar-refractivity contribution in [3.05, 3.63) is 76.9 Å². The van der Waals surface area contributed by atoms with Gasteiger partial charge in [-0.3, -0.25) is 14.9 Å². The average molecular weight is 489 g/mol. The molecule has 13 heteroatoms. The van der Waals surface area contributed by atoms with Gasteiger partial charge >= 0.3 is 6.18 Å². The van der Waals surface area contributed by atoms with Crippen LogP contribution in [0.5, 0.6) is 0 Å². The molecule has 0 radical (unpaired) electrons. The topological polar surface area (TPSA) is 123 Å². The first-order chi connectivity index (χ1) is 16.3. The number of nitrogens with one attached hydrogen (secondary N) is 2. The zero-order valence-corrected chi connectivity index (χ0v) is 17.8. The van der Waals surface area contributed by atoms with Gasteiger partial charge in [0, 0.05) is 5.56 Å². The first kappa shape index (κ1) is 22.9. The number of nitrogens with zero attached hydrogens (tertiary/aromatic N) is 3. The molecule has 0 saturated carbocycles. The number of amides is 2. The van der Waals surface area contributed by atoms with E-state index in [1.807, 2.05) is 0 Å². The van der Waals surface area contributed by atoms with Gasteiger partial charge in [0.15, 0.2) is 5.76 Å². The predicted octanol–water partition coefficient (Wildman–Crippen LogP) is 4.36. The van der Waals surface area contributed by atoms with Gasteiger partial charge in [0.1, 0.15) is 16.5 Å². The number of halogens is 3. The van der Waals surface area contributed by atoms with Gasteiger partial charge in [0.05, 0.1) is 24.5 Å². The van der Waals surface area contributed by atoms with E-state index in [-0.39, 0.29) is 34.4 Å². The molecule has 0 saturated heterocycles. The zero-order chi connectivity index (χ0) is 24.1. The molecule has 4 aromatic rings. The number of furan rings is 2. The van der Waals surface area contributed by atoms with Crippen molar-refractivity contribution >= 4 is 34.5 Å². The minimum absolute atomic E-state index is 0.109. The minimum atomic E-state index is -4.46. The fraction of sp³-hybridized carbons (Fsp3) is 0.0952. The quantitative estimate of drug-likeness (QED) is 0.294. The molecule has 0 atom stereocenters. The molecule has 2 amide bonds. The Morgan fingerprint density at radius 3 is 2.74 bits per heavy atom. The second-order valence-electron chi connectivity index (χ2n) is 6.68. The molecule has 0 aliphatic rings. The molecule has 0 fully saturated rings. The summed E-state index contributed by atoms with van der Waals surface area (Å²) in [6.45, 7) is 0. The number of rotatable bonds is 7. The van der Waals surface area contributed by atoms with E-state index in [0.717, 1.165) is 23.5 Å². The van der Waals surface area contributed by atoms with E-state index < -0.39 is 23.6 Å². The highest BCUT2D eigenvalue weighted by atomic mass is 32.1. The van der Waals surface area contributed by atoms with E-state index in [0.29, 0.717) is 5.01 Å². The summed E-state index contributed by atoms with van der Waals surface area (Å²) < 4.78 is 49.1. The summed E-state index contributed by atoms with van der Waals surface area (Å²) in [4.78, 5) is 24.0. The molecule has 2 N–H and O–H groups in total. The number of hydrogen-bond acceptors (Lipinski definition) is 8. The van der Waals surface area contributed by atoms with E-state index in [9.17, 15) is 22.8 Å². The summed E-state index contributed by atoms with van der Waals surface area (Å²) in [7, 11) is 0. The first-order valence-corrected chi connectivity index (χ1v) is 10.4. The Balaban J connectivity index is 1.30. The van der Waals surface area contributed by atoms with Crippen LogP contribution in [-0.4, -0.2) is 28.2 Å². The van der Waals surface area contributed by atoms with Gasteiger partial charge < -0.3 is 8.83 Å². The van der Waals surface area contributed by atoms with E-state index in [2.05, 4.69) is 26.0 Å². The third-order valence-corrected chi connectivity index (χ3v) is 5.06. The van der Waals surface area contributed by atoms with Crippen LogP contribution in [0.25, 0.3) is 11.3 Å². The molecule has 3 aromatic heterocycles. The lowest BCUT2D eigenvalue weighted by atomic mass is 10.1. The fourth-order valence-corrected chi connectivity index (χ4v) is 3.45. The van der Waals surface area contributed by atoms with Gasteiger partial charge in [0.25, 0.3) is 5.91 Å². The Labute approximate surface area is 193 Å². The van der Waals surface area contributed by atoms with Crippen LogP contribution >= 0.6 is 11.3 Å². The Kier molecular flexibility index (Phi) is 6.54. The monoisotopic (exact) mass is 489 g/mol. The summed E-state index contributed by atoms with van der Waals surface area (Å²) in [6.07, 6.45) is -2.03. The van der Waals surface area contributed by atoms with Crippen LogP contribution in [0.15, 0.2) is 68.7 Å². The maximum Gasteiger partial charge on any atom is 0.416 e. The van der Waals surface area contributed by atoms with Crippen molar-refractivity contribution in [1.82, 2.24) is 15.6 Å². The maximum atomic E-state index is 12.9. The number of alkyl halides is 3. The summed E-state index contributed by atoms with van der Waals surface area (Å²) >= 11 is 1.01. The van der Waals surface area contributed by atoms with Crippen molar-refractivity contribution in [3.63, 3.8) is 0 Å². The summed E-state index contributed by atoms with van der Waals surface area (Å²) in [5.74, 6) is -0.438. The minimum Gasteiger partial charge on any atom is -0.459 e. The smallest absolute Gasteiger partial charge is 0.416 e. The van der Waals surface area contributed by atoms with Gasteiger partial charge in [-0.1, -0.05) is 23.5 Å². The Morgan fingerprint density at radius 1 is 1.12 bits per heavy atom. The number of carbonyl (C=O) groups excluding carboxylic acids is 2. The van der Waals surface area contributed by atoms with E-state index >= 15 is 0 Å². The Hall–Kier alpha value is -4.26. The lowest BCUT2D eigenvalue weighted by molar-refractivity contribution is -0.137. The molecule has 174 valence electrons. The van der Waals surface area contributed by atoms with Gasteiger partial charge in [-0.2, -0.15) is 18.3 Å². The molecule has 3 heterocycles. The highest BCUT2D eigenvalue weighted by molar-refractivity contribution is 7.15. The Bertz CT molecular complexity index is 1330. The van der Waals surface area contributed by atoms with E-state index in [4.69, 9.17) is 8.83 Å². The summed E-state index contributed by atoms with van der Waals surface area (Å²) in [5, 5.41) is 14.4. The average Bonchev–Trinajstić information content (AvgIpc) is 3.56. The molecule has 0 aliphatic heterocycles. The standard InChI is InChI=1S/C21H14F3N5O4S/c22-21(23,24)13-4-1-3-12(9-13)15-7-6-14(33-15)11-25-27-17(30)10-18-28-29-20(34-18)26-19(31)16-5-2-8-32-16/h1-9,11H,10H2,(H,27,30)(H,26,29,31)/b25-11-. The van der Waals surface area contributed by atoms with Crippen LogP contribution in [0.4, 0.5) is 18.3 Å². The van der Waals surface area contributed by atoms with E-state index in [1.54, 1.807) is 6.07 Å². The van der Waals surface area contributed by atoms with Crippen LogP contribution in [-0.2, 0) is 17.4 Å². The number of carbonyl (C=O) groups is 2. The fourth-order valence-electron chi connectivity index (χ4n) is 2.71. The summed E-state index contributed by atoms with van der Waals surface area (Å²) in [6, 6.07) is 10.8. The number of aromatic nitrogens is 2. The van der Waals surface area contributed by atoms with Crippen molar-refractivity contribution in [3.8, 4) is 11.3 Å². The number of anilines is 1. The van der Waals surface area contributed by atoms with Gasteiger partial charge in [-0.05, 0) is 36.4 Å².